The zero-order chi connectivity index (χ0) is 13.8. The van der Waals surface area contributed by atoms with Crippen LogP contribution in [-0.4, -0.2) is 10.5 Å². The molecule has 0 amide bonds. The molecular weight excluding hydrogens is 250 g/mol. The van der Waals surface area contributed by atoms with E-state index in [9.17, 15) is 4.79 Å². The topological polar surface area (TPSA) is 31.2 Å². The van der Waals surface area contributed by atoms with Gasteiger partial charge in [-0.1, -0.05) is 36.4 Å². The molecule has 0 saturated heterocycles. The summed E-state index contributed by atoms with van der Waals surface area (Å²) in [6.45, 7) is 0.624. The maximum Gasteiger partial charge on any atom is 0.312 e. The summed E-state index contributed by atoms with van der Waals surface area (Å²) in [6.07, 6.45) is 2.36. The molecule has 0 aliphatic heterocycles. The van der Waals surface area contributed by atoms with Crippen LogP contribution in [0.2, 0.25) is 0 Å². The van der Waals surface area contributed by atoms with E-state index in [1.54, 1.807) is 12.1 Å². The van der Waals surface area contributed by atoms with Crippen LogP contribution < -0.4 is 4.74 Å². The lowest BCUT2D eigenvalue weighted by atomic mass is 10.2. The Labute approximate surface area is 117 Å². The minimum Gasteiger partial charge on any atom is -0.426 e. The highest BCUT2D eigenvalue weighted by Gasteiger charge is 2.06. The number of carbonyl (C=O) groups excluding carboxylic acids is 1. The average molecular weight is 265 g/mol. The molecule has 2 aromatic carbocycles. The number of nitrogens with zero attached hydrogens (tertiary/aromatic N) is 1. The van der Waals surface area contributed by atoms with Crippen LogP contribution in [0.4, 0.5) is 0 Å². The summed E-state index contributed by atoms with van der Waals surface area (Å²) >= 11 is 0. The fourth-order valence-corrected chi connectivity index (χ4v) is 2.22. The summed E-state index contributed by atoms with van der Waals surface area (Å²) in [5, 5.41) is 1.18. The van der Waals surface area contributed by atoms with E-state index >= 15 is 0 Å². The molecule has 3 aromatic rings. The molecule has 3 rings (SSSR count). The Morgan fingerprint density at radius 1 is 0.950 bits per heavy atom. The largest absolute Gasteiger partial charge is 0.426 e. The Hall–Kier alpha value is -2.55. The lowest BCUT2D eigenvalue weighted by Gasteiger charge is -2.06. The molecule has 3 nitrogen and oxygen atoms in total. The van der Waals surface area contributed by atoms with Gasteiger partial charge in [-0.2, -0.15) is 0 Å². The number of rotatable bonds is 4. The molecule has 3 heteroatoms. The summed E-state index contributed by atoms with van der Waals surface area (Å²) in [4.78, 5) is 11.8. The van der Waals surface area contributed by atoms with Gasteiger partial charge in [-0.15, -0.1) is 0 Å². The van der Waals surface area contributed by atoms with E-state index in [0.717, 1.165) is 5.52 Å². The van der Waals surface area contributed by atoms with Crippen LogP contribution in [0.15, 0.2) is 66.9 Å². The molecule has 1 heterocycles. The first-order valence-corrected chi connectivity index (χ1v) is 6.62. The fourth-order valence-electron chi connectivity index (χ4n) is 2.22. The zero-order valence-corrected chi connectivity index (χ0v) is 11.0. The highest BCUT2D eigenvalue weighted by molar-refractivity contribution is 5.80. The maximum atomic E-state index is 11.8. The van der Waals surface area contributed by atoms with E-state index in [1.165, 1.54) is 5.39 Å². The summed E-state index contributed by atoms with van der Waals surface area (Å²) in [5.41, 5.74) is 1.14. The molecule has 0 radical (unpaired) electrons. The summed E-state index contributed by atoms with van der Waals surface area (Å²) in [5.74, 6) is 0.379. The van der Waals surface area contributed by atoms with Crippen LogP contribution >= 0.6 is 0 Å². The van der Waals surface area contributed by atoms with Crippen molar-refractivity contribution >= 4 is 16.9 Å². The zero-order valence-electron chi connectivity index (χ0n) is 11.0. The number of hydrogen-bond donors (Lipinski definition) is 0. The molecule has 0 spiro atoms. The van der Waals surface area contributed by atoms with Gasteiger partial charge < -0.3 is 9.30 Å². The van der Waals surface area contributed by atoms with E-state index in [4.69, 9.17) is 4.74 Å². The Bertz CT molecular complexity index is 716. The van der Waals surface area contributed by atoms with Gasteiger partial charge in [-0.25, -0.2) is 0 Å². The fraction of sp³-hybridized carbons (Fsp3) is 0.118. The third-order valence-electron chi connectivity index (χ3n) is 3.21. The number of aryl methyl sites for hydroxylation is 1. The number of para-hydroxylation sites is 2. The summed E-state index contributed by atoms with van der Waals surface area (Å²) < 4.78 is 7.34. The van der Waals surface area contributed by atoms with Gasteiger partial charge in [0.15, 0.2) is 0 Å². The molecule has 1 aromatic heterocycles. The van der Waals surface area contributed by atoms with Crippen molar-refractivity contribution in [2.24, 2.45) is 0 Å². The second-order valence-electron chi connectivity index (χ2n) is 4.61. The quantitative estimate of drug-likeness (QED) is 0.532. The van der Waals surface area contributed by atoms with Crippen molar-refractivity contribution in [1.82, 2.24) is 4.57 Å². The predicted molar refractivity (Wildman–Crippen MR) is 78.6 cm³/mol. The first-order chi connectivity index (χ1) is 9.83. The van der Waals surface area contributed by atoms with Gasteiger partial charge in [0.2, 0.25) is 0 Å². The monoisotopic (exact) mass is 265 g/mol. The molecule has 0 atom stereocenters. The van der Waals surface area contributed by atoms with Crippen molar-refractivity contribution < 1.29 is 9.53 Å². The highest BCUT2D eigenvalue weighted by Crippen LogP contribution is 2.16. The normalized spacial score (nSPS) is 10.6. The number of ether oxygens (including phenoxy) is 1. The van der Waals surface area contributed by atoms with Crippen LogP contribution in [0.3, 0.4) is 0 Å². The van der Waals surface area contributed by atoms with Gasteiger partial charge in [-0.05, 0) is 29.7 Å². The van der Waals surface area contributed by atoms with Crippen molar-refractivity contribution in [2.45, 2.75) is 13.0 Å². The Morgan fingerprint density at radius 3 is 2.55 bits per heavy atom. The van der Waals surface area contributed by atoms with Gasteiger partial charge in [0.05, 0.1) is 6.42 Å². The molecule has 0 aliphatic rings. The van der Waals surface area contributed by atoms with Gasteiger partial charge in [0, 0.05) is 18.3 Å². The third kappa shape index (κ3) is 2.72. The molecule has 0 unspecified atom stereocenters. The smallest absolute Gasteiger partial charge is 0.312 e. The highest BCUT2D eigenvalue weighted by atomic mass is 16.5. The number of aromatic nitrogens is 1. The van der Waals surface area contributed by atoms with Gasteiger partial charge in [0.1, 0.15) is 5.75 Å². The first kappa shape index (κ1) is 12.5. The molecular formula is C17H15NO2. The number of esters is 1. The molecule has 20 heavy (non-hydrogen) atoms. The van der Waals surface area contributed by atoms with Gasteiger partial charge >= 0.3 is 5.97 Å². The Balaban J connectivity index is 1.63. The molecule has 0 N–H and O–H groups in total. The van der Waals surface area contributed by atoms with Crippen LogP contribution in [-0.2, 0) is 11.3 Å². The number of carbonyl (C=O) groups is 1. The van der Waals surface area contributed by atoms with E-state index in [-0.39, 0.29) is 5.97 Å². The van der Waals surface area contributed by atoms with Crippen molar-refractivity contribution in [2.75, 3.05) is 0 Å². The lowest BCUT2D eigenvalue weighted by molar-refractivity contribution is -0.134. The molecule has 0 bridgehead atoms. The van der Waals surface area contributed by atoms with Crippen LogP contribution in [0, 0.1) is 0 Å². The third-order valence-corrected chi connectivity index (χ3v) is 3.21. The second-order valence-corrected chi connectivity index (χ2v) is 4.61. The van der Waals surface area contributed by atoms with Crippen molar-refractivity contribution in [1.29, 1.82) is 0 Å². The maximum absolute atomic E-state index is 11.8. The number of hydrogen-bond acceptors (Lipinski definition) is 2. The number of fused-ring (bicyclic) bond motifs is 1. The van der Waals surface area contributed by atoms with Crippen molar-refractivity contribution in [3.05, 3.63) is 66.9 Å². The minimum atomic E-state index is -0.214. The number of benzene rings is 2. The van der Waals surface area contributed by atoms with E-state index in [2.05, 4.69) is 22.8 Å². The molecule has 0 fully saturated rings. The molecule has 0 aliphatic carbocycles. The van der Waals surface area contributed by atoms with Gasteiger partial charge in [-0.3, -0.25) is 4.79 Å². The molecule has 100 valence electrons. The van der Waals surface area contributed by atoms with E-state index in [0.29, 0.717) is 18.7 Å². The first-order valence-electron chi connectivity index (χ1n) is 6.62. The van der Waals surface area contributed by atoms with Crippen LogP contribution in [0.1, 0.15) is 6.42 Å². The summed E-state index contributed by atoms with van der Waals surface area (Å²) in [6, 6.07) is 19.3. The molecule has 0 saturated carbocycles. The average Bonchev–Trinajstić information content (AvgIpc) is 2.89. The second kappa shape index (κ2) is 5.61. The lowest BCUT2D eigenvalue weighted by Crippen LogP contribution is -2.11. The standard InChI is InChI=1S/C17H15NO2/c19-17(20-15-7-2-1-3-8-15)11-13-18-12-10-14-6-4-5-9-16(14)18/h1-10,12H,11,13H2. The summed E-state index contributed by atoms with van der Waals surface area (Å²) in [7, 11) is 0. The predicted octanol–water partition coefficient (Wildman–Crippen LogP) is 3.64. The SMILES string of the molecule is O=C(CCn1ccc2ccccc21)Oc1ccccc1. The van der Waals surface area contributed by atoms with E-state index < -0.39 is 0 Å². The minimum absolute atomic E-state index is 0.214. The van der Waals surface area contributed by atoms with Gasteiger partial charge in [0.25, 0.3) is 0 Å². The van der Waals surface area contributed by atoms with Crippen molar-refractivity contribution in [3.8, 4) is 5.75 Å². The Kier molecular flexibility index (Phi) is 3.50. The Morgan fingerprint density at radius 2 is 1.70 bits per heavy atom. The van der Waals surface area contributed by atoms with Crippen LogP contribution in [0.5, 0.6) is 5.75 Å². The van der Waals surface area contributed by atoms with E-state index in [1.807, 2.05) is 36.5 Å². The van der Waals surface area contributed by atoms with Crippen LogP contribution in [0.25, 0.3) is 10.9 Å². The van der Waals surface area contributed by atoms with Crippen molar-refractivity contribution in [3.63, 3.8) is 0 Å².